The number of hydrogen-bond acceptors (Lipinski definition) is 4. The highest BCUT2D eigenvalue weighted by Gasteiger charge is 2.18. The van der Waals surface area contributed by atoms with Crippen LogP contribution in [-0.2, 0) is 6.54 Å². The van der Waals surface area contributed by atoms with Crippen LogP contribution in [0.1, 0.15) is 18.9 Å². The summed E-state index contributed by atoms with van der Waals surface area (Å²) in [5.41, 5.74) is 3.78. The first-order valence-corrected chi connectivity index (χ1v) is 5.42. The third-order valence-electron chi connectivity index (χ3n) is 2.89. The number of rotatable bonds is 3. The van der Waals surface area contributed by atoms with Crippen molar-refractivity contribution in [2.45, 2.75) is 19.9 Å². The van der Waals surface area contributed by atoms with Gasteiger partial charge in [-0.1, -0.05) is 13.0 Å². The Labute approximate surface area is 90.5 Å². The van der Waals surface area contributed by atoms with Crippen molar-refractivity contribution in [1.29, 1.82) is 0 Å². The monoisotopic (exact) mass is 206 g/mol. The summed E-state index contributed by atoms with van der Waals surface area (Å²) in [6.45, 7) is 5.72. The van der Waals surface area contributed by atoms with Crippen LogP contribution < -0.4 is 11.3 Å². The van der Waals surface area contributed by atoms with Gasteiger partial charge in [0.1, 0.15) is 5.82 Å². The number of hydrazine groups is 1. The Morgan fingerprint density at radius 3 is 3.00 bits per heavy atom. The molecular formula is C11H18N4. The molecule has 1 aromatic heterocycles. The molecular weight excluding hydrogens is 188 g/mol. The van der Waals surface area contributed by atoms with E-state index in [4.69, 9.17) is 5.84 Å². The third kappa shape index (κ3) is 2.67. The van der Waals surface area contributed by atoms with Crippen LogP contribution in [-0.4, -0.2) is 23.0 Å². The molecule has 0 spiro atoms. The van der Waals surface area contributed by atoms with Crippen LogP contribution in [0.5, 0.6) is 0 Å². The number of nitrogen functional groups attached to an aromatic ring is 1. The maximum atomic E-state index is 5.26. The molecule has 1 atom stereocenters. The number of nitrogens with zero attached hydrogens (tertiary/aromatic N) is 2. The zero-order valence-electron chi connectivity index (χ0n) is 9.11. The van der Waals surface area contributed by atoms with E-state index >= 15 is 0 Å². The van der Waals surface area contributed by atoms with Crippen molar-refractivity contribution in [3.05, 3.63) is 23.9 Å². The first-order valence-electron chi connectivity index (χ1n) is 5.42. The average molecular weight is 206 g/mol. The number of nitrogens with one attached hydrogen (secondary N) is 1. The van der Waals surface area contributed by atoms with E-state index in [0.29, 0.717) is 5.82 Å². The lowest BCUT2D eigenvalue weighted by atomic mass is 10.2. The van der Waals surface area contributed by atoms with Gasteiger partial charge in [0.2, 0.25) is 0 Å². The Morgan fingerprint density at radius 2 is 2.47 bits per heavy atom. The Kier molecular flexibility index (Phi) is 3.18. The lowest BCUT2D eigenvalue weighted by molar-refractivity contribution is 0.320. The summed E-state index contributed by atoms with van der Waals surface area (Å²) in [7, 11) is 0. The maximum Gasteiger partial charge on any atom is 0.139 e. The molecule has 2 heterocycles. The second-order valence-corrected chi connectivity index (χ2v) is 4.32. The molecule has 1 aliphatic heterocycles. The molecule has 2 rings (SSSR count). The summed E-state index contributed by atoms with van der Waals surface area (Å²) >= 11 is 0. The zero-order chi connectivity index (χ0) is 10.7. The predicted molar refractivity (Wildman–Crippen MR) is 61.1 cm³/mol. The molecule has 0 radical (unpaired) electrons. The van der Waals surface area contributed by atoms with E-state index in [0.717, 1.165) is 12.5 Å². The molecule has 1 saturated heterocycles. The van der Waals surface area contributed by atoms with Gasteiger partial charge in [0.15, 0.2) is 0 Å². The Hall–Kier alpha value is -1.13. The second kappa shape index (κ2) is 4.59. The topological polar surface area (TPSA) is 54.2 Å². The van der Waals surface area contributed by atoms with Crippen molar-refractivity contribution in [3.63, 3.8) is 0 Å². The lowest BCUT2D eigenvalue weighted by Crippen LogP contribution is -2.19. The van der Waals surface area contributed by atoms with Crippen molar-refractivity contribution in [2.24, 2.45) is 11.8 Å². The molecule has 1 aliphatic rings. The number of likely N-dealkylation sites (tertiary alicyclic amines) is 1. The normalized spacial score (nSPS) is 21.9. The molecule has 4 heteroatoms. The summed E-state index contributed by atoms with van der Waals surface area (Å²) in [6.07, 6.45) is 3.20. The van der Waals surface area contributed by atoms with Crippen LogP contribution in [0.15, 0.2) is 18.3 Å². The van der Waals surface area contributed by atoms with Crippen LogP contribution in [0, 0.1) is 5.92 Å². The summed E-state index contributed by atoms with van der Waals surface area (Å²) in [5, 5.41) is 0. The number of hydrogen-bond donors (Lipinski definition) is 2. The fourth-order valence-corrected chi connectivity index (χ4v) is 2.03. The van der Waals surface area contributed by atoms with Gasteiger partial charge in [0.05, 0.1) is 0 Å². The van der Waals surface area contributed by atoms with Gasteiger partial charge in [-0.05, 0) is 30.5 Å². The minimum atomic E-state index is 0.716. The molecule has 4 nitrogen and oxygen atoms in total. The van der Waals surface area contributed by atoms with Gasteiger partial charge >= 0.3 is 0 Å². The van der Waals surface area contributed by atoms with Crippen molar-refractivity contribution < 1.29 is 0 Å². The number of anilines is 1. The Bertz CT molecular complexity index is 309. The molecule has 0 saturated carbocycles. The van der Waals surface area contributed by atoms with E-state index in [1.807, 2.05) is 12.3 Å². The van der Waals surface area contributed by atoms with Crippen LogP contribution in [0.3, 0.4) is 0 Å². The quantitative estimate of drug-likeness (QED) is 0.576. The molecule has 3 N–H and O–H groups in total. The summed E-state index contributed by atoms with van der Waals surface area (Å²) in [5.74, 6) is 6.81. The third-order valence-corrected chi connectivity index (χ3v) is 2.89. The van der Waals surface area contributed by atoms with E-state index in [9.17, 15) is 0 Å². The lowest BCUT2D eigenvalue weighted by Gasteiger charge is -2.14. The first kappa shape index (κ1) is 10.4. The van der Waals surface area contributed by atoms with Gasteiger partial charge in [0, 0.05) is 19.3 Å². The van der Waals surface area contributed by atoms with Gasteiger partial charge in [-0.2, -0.15) is 0 Å². The predicted octanol–water partition coefficient (Wildman–Crippen LogP) is 1.21. The minimum Gasteiger partial charge on any atom is -0.308 e. The minimum absolute atomic E-state index is 0.716. The molecule has 0 aliphatic carbocycles. The number of aromatic nitrogens is 1. The van der Waals surface area contributed by atoms with E-state index in [1.54, 1.807) is 0 Å². The fraction of sp³-hybridized carbons (Fsp3) is 0.545. The van der Waals surface area contributed by atoms with E-state index in [-0.39, 0.29) is 0 Å². The van der Waals surface area contributed by atoms with Gasteiger partial charge in [-0.25, -0.2) is 10.8 Å². The molecule has 1 fully saturated rings. The van der Waals surface area contributed by atoms with Crippen molar-refractivity contribution >= 4 is 5.82 Å². The Morgan fingerprint density at radius 1 is 1.60 bits per heavy atom. The Balaban J connectivity index is 1.93. The van der Waals surface area contributed by atoms with E-state index < -0.39 is 0 Å². The highest BCUT2D eigenvalue weighted by molar-refractivity contribution is 5.33. The molecule has 0 bridgehead atoms. The average Bonchev–Trinajstić information content (AvgIpc) is 2.65. The smallest absolute Gasteiger partial charge is 0.139 e. The largest absolute Gasteiger partial charge is 0.308 e. The van der Waals surface area contributed by atoms with Gasteiger partial charge in [-0.3, -0.25) is 4.90 Å². The van der Waals surface area contributed by atoms with Crippen LogP contribution in [0.25, 0.3) is 0 Å². The highest BCUT2D eigenvalue weighted by atomic mass is 15.2. The number of pyridine rings is 1. The summed E-state index contributed by atoms with van der Waals surface area (Å²) in [6, 6.07) is 3.99. The summed E-state index contributed by atoms with van der Waals surface area (Å²) < 4.78 is 0. The van der Waals surface area contributed by atoms with Crippen molar-refractivity contribution in [3.8, 4) is 0 Å². The SMILES string of the molecule is CC1CCN(Cc2ccc(NN)nc2)C1. The molecule has 1 unspecified atom stereocenters. The van der Waals surface area contributed by atoms with Crippen molar-refractivity contribution in [2.75, 3.05) is 18.5 Å². The van der Waals surface area contributed by atoms with Gasteiger partial charge < -0.3 is 5.43 Å². The van der Waals surface area contributed by atoms with E-state index in [2.05, 4.69) is 28.3 Å². The maximum absolute atomic E-state index is 5.26. The second-order valence-electron chi connectivity index (χ2n) is 4.32. The highest BCUT2D eigenvalue weighted by Crippen LogP contribution is 2.17. The van der Waals surface area contributed by atoms with Crippen LogP contribution >= 0.6 is 0 Å². The fourth-order valence-electron chi connectivity index (χ4n) is 2.03. The molecule has 0 aromatic carbocycles. The molecule has 15 heavy (non-hydrogen) atoms. The molecule has 82 valence electrons. The van der Waals surface area contributed by atoms with E-state index in [1.165, 1.54) is 25.1 Å². The zero-order valence-corrected chi connectivity index (χ0v) is 9.11. The van der Waals surface area contributed by atoms with Gasteiger partial charge in [0.25, 0.3) is 0 Å². The van der Waals surface area contributed by atoms with Crippen molar-refractivity contribution in [1.82, 2.24) is 9.88 Å². The first-order chi connectivity index (χ1) is 7.28. The van der Waals surface area contributed by atoms with Gasteiger partial charge in [-0.15, -0.1) is 0 Å². The van der Waals surface area contributed by atoms with Crippen LogP contribution in [0.2, 0.25) is 0 Å². The molecule has 1 aromatic rings. The standard InChI is InChI=1S/C11H18N4/c1-9-4-5-15(7-9)8-10-2-3-11(14-12)13-6-10/h2-3,6,9H,4-5,7-8,12H2,1H3,(H,13,14). The summed E-state index contributed by atoms with van der Waals surface area (Å²) in [4.78, 5) is 6.66. The molecule has 0 amide bonds. The van der Waals surface area contributed by atoms with Crippen LogP contribution in [0.4, 0.5) is 5.82 Å². The number of nitrogens with two attached hydrogens (primary N) is 1.